The van der Waals surface area contributed by atoms with E-state index in [2.05, 4.69) is 4.98 Å². The Morgan fingerprint density at radius 3 is 2.57 bits per heavy atom. The molecule has 0 unspecified atom stereocenters. The van der Waals surface area contributed by atoms with Gasteiger partial charge in [0.15, 0.2) is 0 Å². The number of hydrogen-bond acceptors (Lipinski definition) is 3. The van der Waals surface area contributed by atoms with E-state index in [0.29, 0.717) is 12.2 Å². The number of hydrogen-bond donors (Lipinski definition) is 0. The van der Waals surface area contributed by atoms with Crippen molar-refractivity contribution < 1.29 is 4.79 Å². The maximum Gasteiger partial charge on any atom is 0.138 e. The Kier molecular flexibility index (Phi) is 3.43. The average Bonchev–Trinajstić information content (AvgIpc) is 2.45. The van der Waals surface area contributed by atoms with Gasteiger partial charge in [0.1, 0.15) is 5.78 Å². The minimum atomic E-state index is -0.216. The Morgan fingerprint density at radius 2 is 2.14 bits per heavy atom. The predicted molar refractivity (Wildman–Crippen MR) is 59.6 cm³/mol. The third kappa shape index (κ3) is 3.22. The van der Waals surface area contributed by atoms with Gasteiger partial charge in [0.05, 0.1) is 5.01 Å². The lowest BCUT2D eigenvalue weighted by atomic mass is 9.88. The molecule has 14 heavy (non-hydrogen) atoms. The van der Waals surface area contributed by atoms with Crippen molar-refractivity contribution in [3.63, 3.8) is 0 Å². The van der Waals surface area contributed by atoms with Crippen molar-refractivity contribution in [3.05, 3.63) is 16.1 Å². The molecule has 0 saturated carbocycles. The van der Waals surface area contributed by atoms with Gasteiger partial charge in [-0.3, -0.25) is 4.79 Å². The number of rotatable bonds is 3. The smallest absolute Gasteiger partial charge is 0.138 e. The first-order chi connectivity index (χ1) is 6.39. The predicted octanol–water partition coefficient (Wildman–Crippen LogP) is 3.00. The molecule has 0 spiro atoms. The topological polar surface area (TPSA) is 30.0 Å². The van der Waals surface area contributed by atoms with Crippen molar-refractivity contribution in [2.24, 2.45) is 5.41 Å². The van der Waals surface area contributed by atoms with Gasteiger partial charge < -0.3 is 0 Å². The van der Waals surface area contributed by atoms with Gasteiger partial charge in [0, 0.05) is 29.3 Å². The van der Waals surface area contributed by atoms with Gasteiger partial charge >= 0.3 is 0 Å². The molecule has 0 saturated heterocycles. The Morgan fingerprint density at radius 1 is 1.50 bits per heavy atom. The molecule has 0 aromatic carbocycles. The molecular weight excluding hydrogens is 194 g/mol. The Bertz CT molecular complexity index is 322. The number of nitrogens with zero attached hydrogens (tertiary/aromatic N) is 1. The van der Waals surface area contributed by atoms with Crippen LogP contribution in [0, 0.1) is 12.3 Å². The molecule has 0 aliphatic heterocycles. The lowest BCUT2D eigenvalue weighted by molar-refractivity contribution is -0.126. The van der Waals surface area contributed by atoms with Crippen LogP contribution in [-0.4, -0.2) is 10.8 Å². The third-order valence-corrected chi connectivity index (χ3v) is 3.10. The number of carbonyl (C=O) groups excluding carboxylic acids is 1. The van der Waals surface area contributed by atoms with Gasteiger partial charge in [-0.25, -0.2) is 4.98 Å². The maximum absolute atomic E-state index is 11.6. The molecule has 0 bridgehead atoms. The molecule has 0 fully saturated rings. The molecule has 1 aromatic heterocycles. The Labute approximate surface area is 89.4 Å². The quantitative estimate of drug-likeness (QED) is 0.769. The van der Waals surface area contributed by atoms with E-state index < -0.39 is 0 Å². The zero-order chi connectivity index (χ0) is 10.8. The van der Waals surface area contributed by atoms with Crippen LogP contribution in [0.15, 0.2) is 5.38 Å². The summed E-state index contributed by atoms with van der Waals surface area (Å²) in [6, 6.07) is 0. The fourth-order valence-electron chi connectivity index (χ4n) is 1.11. The highest BCUT2D eigenvalue weighted by Gasteiger charge is 2.20. The number of Topliss-reactive ketones (excluding diaryl/α,β-unsaturated/α-hetero) is 1. The third-order valence-electron chi connectivity index (χ3n) is 2.07. The van der Waals surface area contributed by atoms with Crippen molar-refractivity contribution in [3.8, 4) is 0 Å². The number of ketones is 1. The molecular formula is C11H17NOS. The zero-order valence-electron chi connectivity index (χ0n) is 9.26. The minimum Gasteiger partial charge on any atom is -0.299 e. The number of thiazole rings is 1. The van der Waals surface area contributed by atoms with Crippen molar-refractivity contribution >= 4 is 17.1 Å². The van der Waals surface area contributed by atoms with Crippen molar-refractivity contribution in [1.82, 2.24) is 4.98 Å². The number of aryl methyl sites for hydroxylation is 2. The highest BCUT2D eigenvalue weighted by molar-refractivity contribution is 7.09. The molecule has 1 rings (SSSR count). The summed E-state index contributed by atoms with van der Waals surface area (Å²) in [4.78, 5) is 16.0. The second kappa shape index (κ2) is 4.22. The van der Waals surface area contributed by atoms with E-state index in [1.807, 2.05) is 33.1 Å². The van der Waals surface area contributed by atoms with Crippen LogP contribution >= 0.6 is 11.3 Å². The van der Waals surface area contributed by atoms with Gasteiger partial charge in [-0.15, -0.1) is 11.3 Å². The Hall–Kier alpha value is -0.700. The fraction of sp³-hybridized carbons (Fsp3) is 0.636. The van der Waals surface area contributed by atoms with Crippen LogP contribution in [0.25, 0.3) is 0 Å². The van der Waals surface area contributed by atoms with E-state index in [1.54, 1.807) is 11.3 Å². The molecule has 3 heteroatoms. The highest BCUT2D eigenvalue weighted by atomic mass is 32.1. The highest BCUT2D eigenvalue weighted by Crippen LogP contribution is 2.19. The molecule has 0 N–H and O–H groups in total. The summed E-state index contributed by atoms with van der Waals surface area (Å²) in [5, 5.41) is 3.09. The first-order valence-electron chi connectivity index (χ1n) is 4.84. The summed E-state index contributed by atoms with van der Waals surface area (Å²) in [5.41, 5.74) is 0.833. The molecule has 0 aliphatic rings. The van der Waals surface area contributed by atoms with E-state index in [4.69, 9.17) is 0 Å². The zero-order valence-corrected chi connectivity index (χ0v) is 10.1. The van der Waals surface area contributed by atoms with Crippen LogP contribution in [0.4, 0.5) is 0 Å². The van der Waals surface area contributed by atoms with Crippen LogP contribution in [0.1, 0.15) is 37.9 Å². The minimum absolute atomic E-state index is 0.216. The van der Waals surface area contributed by atoms with Gasteiger partial charge in [-0.1, -0.05) is 20.8 Å². The first kappa shape index (κ1) is 11.4. The largest absolute Gasteiger partial charge is 0.299 e. The number of carbonyl (C=O) groups is 1. The van der Waals surface area contributed by atoms with E-state index in [0.717, 1.165) is 17.1 Å². The molecule has 0 aliphatic carbocycles. The first-order valence-corrected chi connectivity index (χ1v) is 5.72. The SMILES string of the molecule is Cc1csc(CCC(=O)C(C)(C)C)n1. The lowest BCUT2D eigenvalue weighted by Gasteiger charge is -2.15. The van der Waals surface area contributed by atoms with Crippen LogP contribution in [0.3, 0.4) is 0 Å². The van der Waals surface area contributed by atoms with Crippen molar-refractivity contribution in [2.75, 3.05) is 0 Å². The molecule has 0 amide bonds. The van der Waals surface area contributed by atoms with Crippen molar-refractivity contribution in [1.29, 1.82) is 0 Å². The molecule has 1 aromatic rings. The summed E-state index contributed by atoms with van der Waals surface area (Å²) in [6.07, 6.45) is 1.39. The second-order valence-electron chi connectivity index (χ2n) is 4.56. The summed E-state index contributed by atoms with van der Waals surface area (Å²) >= 11 is 1.64. The normalized spacial score (nSPS) is 11.7. The van der Waals surface area contributed by atoms with E-state index in [9.17, 15) is 4.79 Å². The molecule has 0 radical (unpaired) electrons. The van der Waals surface area contributed by atoms with Gasteiger partial charge in [-0.05, 0) is 6.92 Å². The average molecular weight is 211 g/mol. The van der Waals surface area contributed by atoms with Crippen LogP contribution < -0.4 is 0 Å². The van der Waals surface area contributed by atoms with Gasteiger partial charge in [0.2, 0.25) is 0 Å². The van der Waals surface area contributed by atoms with Crippen LogP contribution in [0.2, 0.25) is 0 Å². The number of aromatic nitrogens is 1. The second-order valence-corrected chi connectivity index (χ2v) is 5.50. The standard InChI is InChI=1S/C11H17NOS/c1-8-7-14-10(12-8)6-5-9(13)11(2,3)4/h7H,5-6H2,1-4H3. The van der Waals surface area contributed by atoms with Gasteiger partial charge in [-0.2, -0.15) is 0 Å². The van der Waals surface area contributed by atoms with Gasteiger partial charge in [0.25, 0.3) is 0 Å². The van der Waals surface area contributed by atoms with Crippen LogP contribution in [0.5, 0.6) is 0 Å². The van der Waals surface area contributed by atoms with Crippen molar-refractivity contribution in [2.45, 2.75) is 40.5 Å². The maximum atomic E-state index is 11.6. The lowest BCUT2D eigenvalue weighted by Crippen LogP contribution is -2.20. The summed E-state index contributed by atoms with van der Waals surface area (Å²) in [7, 11) is 0. The van der Waals surface area contributed by atoms with Crippen LogP contribution in [-0.2, 0) is 11.2 Å². The fourth-order valence-corrected chi connectivity index (χ4v) is 1.89. The van der Waals surface area contributed by atoms with E-state index >= 15 is 0 Å². The van der Waals surface area contributed by atoms with E-state index in [1.165, 1.54) is 0 Å². The molecule has 2 nitrogen and oxygen atoms in total. The molecule has 78 valence electrons. The molecule has 1 heterocycles. The Balaban J connectivity index is 2.46. The molecule has 0 atom stereocenters. The summed E-state index contributed by atoms with van der Waals surface area (Å²) in [6.45, 7) is 7.86. The summed E-state index contributed by atoms with van der Waals surface area (Å²) < 4.78 is 0. The summed E-state index contributed by atoms with van der Waals surface area (Å²) in [5.74, 6) is 0.311. The monoisotopic (exact) mass is 211 g/mol. The van der Waals surface area contributed by atoms with E-state index in [-0.39, 0.29) is 5.41 Å².